The number of aliphatic hydroxyl groups is 1. The Morgan fingerprint density at radius 3 is 1.85 bits per heavy atom. The van der Waals surface area contributed by atoms with E-state index in [1.807, 2.05) is 42.5 Å². The van der Waals surface area contributed by atoms with Gasteiger partial charge >= 0.3 is 0 Å². The van der Waals surface area contributed by atoms with Crippen molar-refractivity contribution in [2.45, 2.75) is 38.3 Å². The highest BCUT2D eigenvalue weighted by Crippen LogP contribution is 2.18. The largest absolute Gasteiger partial charge is 0.388 e. The molecule has 0 amide bonds. The fourth-order valence-electron chi connectivity index (χ4n) is 4.00. The Balaban J connectivity index is 1.66. The minimum absolute atomic E-state index is 0.0730. The first-order chi connectivity index (χ1) is 15.7. The summed E-state index contributed by atoms with van der Waals surface area (Å²) in [5.74, 6) is -0.116. The maximum Gasteiger partial charge on any atom is 0.235 e. The van der Waals surface area contributed by atoms with E-state index in [4.69, 9.17) is 0 Å². The molecule has 0 radical (unpaired) electrons. The molecule has 0 aromatic heterocycles. The average molecular weight is 467 g/mol. The lowest BCUT2D eigenvalue weighted by molar-refractivity contribution is 0.0770. The Morgan fingerprint density at radius 2 is 1.30 bits per heavy atom. The molecule has 0 aliphatic carbocycles. The molecule has 3 aromatic carbocycles. The third-order valence-electron chi connectivity index (χ3n) is 5.68. The molecule has 0 fully saturated rings. The van der Waals surface area contributed by atoms with Gasteiger partial charge in [0.05, 0.1) is 11.4 Å². The summed E-state index contributed by atoms with van der Waals surface area (Å²) in [6.45, 7) is 3.92. The first kappa shape index (κ1) is 25.0. The van der Waals surface area contributed by atoms with Crippen molar-refractivity contribution in [2.75, 3.05) is 17.0 Å². The fourth-order valence-corrected chi connectivity index (χ4v) is 5.49. The second kappa shape index (κ2) is 11.5. The molecule has 0 bridgehead atoms. The highest BCUT2D eigenvalue weighted by atomic mass is 32.2. The predicted molar refractivity (Wildman–Crippen MR) is 136 cm³/mol. The van der Waals surface area contributed by atoms with Crippen molar-refractivity contribution >= 4 is 15.7 Å². The molecule has 0 aliphatic rings. The molecule has 3 N–H and O–H groups in total. The third kappa shape index (κ3) is 8.65. The van der Waals surface area contributed by atoms with E-state index in [-0.39, 0.29) is 18.5 Å². The molecule has 3 rings (SSSR count). The Labute approximate surface area is 197 Å². The topological polar surface area (TPSA) is 78.4 Å². The zero-order valence-electron chi connectivity index (χ0n) is 19.3. The van der Waals surface area contributed by atoms with Gasteiger partial charge in [-0.1, -0.05) is 85.8 Å². The summed E-state index contributed by atoms with van der Waals surface area (Å²) in [7, 11) is -3.71. The van der Waals surface area contributed by atoms with E-state index in [1.54, 1.807) is 31.2 Å². The van der Waals surface area contributed by atoms with Crippen LogP contribution in [0.25, 0.3) is 0 Å². The van der Waals surface area contributed by atoms with Crippen LogP contribution >= 0.6 is 0 Å². The maximum absolute atomic E-state index is 12.6. The van der Waals surface area contributed by atoms with Crippen LogP contribution in [0, 0.1) is 5.92 Å². The number of benzene rings is 3. The number of anilines is 1. The molecular formula is C27H34N2O3S. The van der Waals surface area contributed by atoms with Crippen LogP contribution in [0.3, 0.4) is 0 Å². The van der Waals surface area contributed by atoms with Gasteiger partial charge in [-0.2, -0.15) is 0 Å². The van der Waals surface area contributed by atoms with Crippen LogP contribution in [0.4, 0.5) is 5.69 Å². The first-order valence-corrected chi connectivity index (χ1v) is 13.0. The molecule has 6 heteroatoms. The molecule has 0 aliphatic heterocycles. The van der Waals surface area contributed by atoms with Gasteiger partial charge in [0.15, 0.2) is 0 Å². The molecular weight excluding hydrogens is 432 g/mol. The van der Waals surface area contributed by atoms with Gasteiger partial charge in [0, 0.05) is 18.3 Å². The van der Waals surface area contributed by atoms with Crippen molar-refractivity contribution in [1.82, 2.24) is 5.32 Å². The van der Waals surface area contributed by atoms with Gasteiger partial charge < -0.3 is 10.4 Å². The number of para-hydroxylation sites is 1. The highest BCUT2D eigenvalue weighted by Gasteiger charge is 2.30. The van der Waals surface area contributed by atoms with Crippen LogP contribution in [-0.2, 0) is 22.9 Å². The third-order valence-corrected chi connectivity index (χ3v) is 7.23. The summed E-state index contributed by atoms with van der Waals surface area (Å²) >= 11 is 0. The maximum atomic E-state index is 12.6. The number of sulfonamides is 1. The molecule has 0 saturated carbocycles. The second-order valence-electron chi connectivity index (χ2n) is 9.07. The van der Waals surface area contributed by atoms with Gasteiger partial charge in [0.2, 0.25) is 10.0 Å². The number of hydrogen-bond acceptors (Lipinski definition) is 4. The van der Waals surface area contributed by atoms with E-state index >= 15 is 0 Å². The van der Waals surface area contributed by atoms with Crippen LogP contribution in [0.5, 0.6) is 0 Å². The summed E-state index contributed by atoms with van der Waals surface area (Å²) in [5.41, 5.74) is 1.51. The predicted octanol–water partition coefficient (Wildman–Crippen LogP) is 4.26. The Kier molecular flexibility index (Phi) is 8.67. The van der Waals surface area contributed by atoms with Crippen molar-refractivity contribution in [3.8, 4) is 0 Å². The molecule has 2 unspecified atom stereocenters. The number of nitrogens with one attached hydrogen (secondary N) is 2. The van der Waals surface area contributed by atoms with Gasteiger partial charge in [0.25, 0.3) is 0 Å². The minimum atomic E-state index is -3.71. The lowest BCUT2D eigenvalue weighted by atomic mass is 9.89. The average Bonchev–Trinajstić information content (AvgIpc) is 2.77. The molecule has 176 valence electrons. The van der Waals surface area contributed by atoms with Crippen LogP contribution in [0.2, 0.25) is 0 Å². The number of rotatable bonds is 12. The van der Waals surface area contributed by atoms with Gasteiger partial charge in [-0.25, -0.2) is 8.42 Å². The second-order valence-corrected chi connectivity index (χ2v) is 10.8. The summed E-state index contributed by atoms with van der Waals surface area (Å²) < 4.78 is 27.8. The molecule has 5 nitrogen and oxygen atoms in total. The smallest absolute Gasteiger partial charge is 0.235 e. The standard InChI is InChI=1S/C27H34N2O3S/c1-22(18-23-12-6-3-7-13-23)26(19-24-14-8-4-9-15-24)28-20-27(2,30)21-33(31,32)29-25-16-10-5-11-17-25/h3-17,22,26,28-30H,18-21H2,1-2H3/t22?,26?,27-/m1/s1. The molecule has 33 heavy (non-hydrogen) atoms. The van der Waals surface area contributed by atoms with Gasteiger partial charge in [0.1, 0.15) is 0 Å². The Morgan fingerprint density at radius 1 is 0.818 bits per heavy atom. The summed E-state index contributed by atoms with van der Waals surface area (Å²) in [6.07, 6.45) is 1.68. The highest BCUT2D eigenvalue weighted by molar-refractivity contribution is 7.92. The van der Waals surface area contributed by atoms with Gasteiger partial charge in [-0.05, 0) is 48.9 Å². The zero-order chi connectivity index (χ0) is 23.7. The number of hydrogen-bond donors (Lipinski definition) is 3. The quantitative estimate of drug-likeness (QED) is 0.373. The van der Waals surface area contributed by atoms with Crippen molar-refractivity contribution in [3.63, 3.8) is 0 Å². The van der Waals surface area contributed by atoms with Crippen LogP contribution in [-0.4, -0.2) is 37.5 Å². The Hall–Kier alpha value is -2.67. The van der Waals surface area contributed by atoms with Crippen LogP contribution in [0.15, 0.2) is 91.0 Å². The summed E-state index contributed by atoms with van der Waals surface area (Å²) in [5, 5.41) is 14.4. The van der Waals surface area contributed by atoms with Crippen molar-refractivity contribution < 1.29 is 13.5 Å². The van der Waals surface area contributed by atoms with Gasteiger partial charge in [-0.15, -0.1) is 0 Å². The van der Waals surface area contributed by atoms with Crippen molar-refractivity contribution in [3.05, 3.63) is 102 Å². The summed E-state index contributed by atoms with van der Waals surface area (Å²) in [4.78, 5) is 0. The van der Waals surface area contributed by atoms with E-state index in [9.17, 15) is 13.5 Å². The minimum Gasteiger partial charge on any atom is -0.388 e. The van der Waals surface area contributed by atoms with E-state index in [2.05, 4.69) is 41.2 Å². The molecule has 0 spiro atoms. The SMILES string of the molecule is CC(Cc1ccccc1)C(Cc1ccccc1)NC[C@@](C)(O)CS(=O)(=O)Nc1ccccc1. The molecule has 0 saturated heterocycles. The normalized spacial score (nSPS) is 15.4. The van der Waals surface area contributed by atoms with Crippen LogP contribution < -0.4 is 10.0 Å². The molecule has 0 heterocycles. The lowest BCUT2D eigenvalue weighted by Crippen LogP contribution is -2.50. The van der Waals surface area contributed by atoms with E-state index < -0.39 is 21.4 Å². The van der Waals surface area contributed by atoms with E-state index in [1.165, 1.54) is 11.1 Å². The van der Waals surface area contributed by atoms with Gasteiger partial charge in [-0.3, -0.25) is 4.72 Å². The Bertz CT molecular complexity index is 1070. The van der Waals surface area contributed by atoms with E-state index in [0.29, 0.717) is 5.69 Å². The van der Waals surface area contributed by atoms with Crippen molar-refractivity contribution in [2.24, 2.45) is 5.92 Å². The van der Waals surface area contributed by atoms with E-state index in [0.717, 1.165) is 12.8 Å². The monoisotopic (exact) mass is 466 g/mol. The summed E-state index contributed by atoms with van der Waals surface area (Å²) in [6, 6.07) is 29.3. The molecule has 3 atom stereocenters. The van der Waals surface area contributed by atoms with Crippen LogP contribution in [0.1, 0.15) is 25.0 Å². The van der Waals surface area contributed by atoms with Crippen molar-refractivity contribution in [1.29, 1.82) is 0 Å². The lowest BCUT2D eigenvalue weighted by Gasteiger charge is -2.31. The zero-order valence-corrected chi connectivity index (χ0v) is 20.1. The fraction of sp³-hybridized carbons (Fsp3) is 0.333. The first-order valence-electron chi connectivity index (χ1n) is 11.3. The molecule has 3 aromatic rings.